The third-order valence-electron chi connectivity index (χ3n) is 2.43. The largest absolute Gasteiger partial charge is 0.395 e. The topological polar surface area (TPSA) is 81.2 Å². The highest BCUT2D eigenvalue weighted by Crippen LogP contribution is 1.97. The molecule has 1 heterocycles. The van der Waals surface area contributed by atoms with Crippen molar-refractivity contribution in [2.75, 3.05) is 19.7 Å². The molecule has 0 aliphatic carbocycles. The first-order valence-corrected chi connectivity index (χ1v) is 5.89. The van der Waals surface area contributed by atoms with Gasteiger partial charge in [0.15, 0.2) is 0 Å². The van der Waals surface area contributed by atoms with Gasteiger partial charge < -0.3 is 15.3 Å². The van der Waals surface area contributed by atoms with E-state index in [9.17, 15) is 4.79 Å². The summed E-state index contributed by atoms with van der Waals surface area (Å²) in [6.45, 7) is 3.52. The number of nitrogens with one attached hydrogen (secondary N) is 2. The van der Waals surface area contributed by atoms with Crippen molar-refractivity contribution in [3.05, 3.63) is 18.0 Å². The molecule has 1 aromatic heterocycles. The Labute approximate surface area is 101 Å². The van der Waals surface area contributed by atoms with Crippen molar-refractivity contribution in [3.63, 3.8) is 0 Å². The number of aliphatic hydroxyl groups excluding tert-OH is 1. The van der Waals surface area contributed by atoms with Crippen LogP contribution < -0.4 is 5.32 Å². The van der Waals surface area contributed by atoms with Crippen molar-refractivity contribution in [1.29, 1.82) is 0 Å². The average Bonchev–Trinajstić information content (AvgIpc) is 2.84. The zero-order chi connectivity index (χ0) is 12.5. The zero-order valence-corrected chi connectivity index (χ0v) is 10.1. The van der Waals surface area contributed by atoms with Crippen LogP contribution in [0.25, 0.3) is 0 Å². The van der Waals surface area contributed by atoms with Gasteiger partial charge in [-0.1, -0.05) is 13.3 Å². The summed E-state index contributed by atoms with van der Waals surface area (Å²) in [4.78, 5) is 13.4. The maximum absolute atomic E-state index is 11.8. The molecule has 17 heavy (non-hydrogen) atoms. The maximum atomic E-state index is 11.8. The molecule has 0 fully saturated rings. The number of aromatic amines is 1. The second-order valence-corrected chi connectivity index (χ2v) is 3.80. The molecule has 1 rings (SSSR count). The number of carbonyl (C=O) groups excluding carboxylic acids is 1. The Morgan fingerprint density at radius 3 is 3.00 bits per heavy atom. The summed E-state index contributed by atoms with van der Waals surface area (Å²) in [6.07, 6.45) is 3.61. The summed E-state index contributed by atoms with van der Waals surface area (Å²) in [5.74, 6) is 0. The molecule has 6 heteroatoms. The molecule has 0 spiro atoms. The number of rotatable bonds is 7. The first kappa shape index (κ1) is 13.5. The van der Waals surface area contributed by atoms with E-state index in [2.05, 4.69) is 22.4 Å². The number of aliphatic hydroxyl groups is 1. The van der Waals surface area contributed by atoms with Crippen LogP contribution >= 0.6 is 0 Å². The predicted octanol–water partition coefficient (Wildman–Crippen LogP) is 0.714. The van der Waals surface area contributed by atoms with Gasteiger partial charge in [-0.05, 0) is 12.5 Å². The maximum Gasteiger partial charge on any atom is 0.317 e. The van der Waals surface area contributed by atoms with Gasteiger partial charge >= 0.3 is 6.03 Å². The molecule has 3 N–H and O–H groups in total. The molecule has 6 nitrogen and oxygen atoms in total. The van der Waals surface area contributed by atoms with Crippen LogP contribution in [0.15, 0.2) is 12.3 Å². The summed E-state index contributed by atoms with van der Waals surface area (Å²) in [5, 5.41) is 18.3. The van der Waals surface area contributed by atoms with Crippen molar-refractivity contribution < 1.29 is 9.90 Å². The number of nitrogens with zero attached hydrogens (tertiary/aromatic N) is 2. The fourth-order valence-corrected chi connectivity index (χ4v) is 1.45. The van der Waals surface area contributed by atoms with Gasteiger partial charge in [0.2, 0.25) is 0 Å². The van der Waals surface area contributed by atoms with Crippen LogP contribution in [0, 0.1) is 0 Å². The molecule has 0 saturated carbocycles. The molecule has 0 aromatic carbocycles. The molecule has 0 radical (unpaired) electrons. The van der Waals surface area contributed by atoms with E-state index in [1.807, 2.05) is 6.07 Å². The number of amides is 2. The monoisotopic (exact) mass is 240 g/mol. The number of hydrogen-bond acceptors (Lipinski definition) is 3. The summed E-state index contributed by atoms with van der Waals surface area (Å²) in [6, 6.07) is 1.66. The number of hydrogen-bond donors (Lipinski definition) is 3. The Kier molecular flexibility index (Phi) is 6.09. The van der Waals surface area contributed by atoms with E-state index in [1.54, 1.807) is 11.1 Å². The van der Waals surface area contributed by atoms with E-state index in [1.165, 1.54) is 0 Å². The van der Waals surface area contributed by atoms with Gasteiger partial charge in [-0.3, -0.25) is 5.10 Å². The molecule has 0 aliphatic rings. The fraction of sp³-hybridized carbons (Fsp3) is 0.636. The third kappa shape index (κ3) is 4.86. The third-order valence-corrected chi connectivity index (χ3v) is 2.43. The quantitative estimate of drug-likeness (QED) is 0.656. The minimum absolute atomic E-state index is 0.0127. The van der Waals surface area contributed by atoms with Gasteiger partial charge in [0, 0.05) is 19.3 Å². The second-order valence-electron chi connectivity index (χ2n) is 3.80. The van der Waals surface area contributed by atoms with Gasteiger partial charge in [-0.25, -0.2) is 4.79 Å². The number of H-pyrrole nitrogens is 1. The van der Waals surface area contributed by atoms with Gasteiger partial charge in [0.25, 0.3) is 0 Å². The van der Waals surface area contributed by atoms with Crippen LogP contribution in [0.4, 0.5) is 4.79 Å². The standard InChI is InChI=1S/C11H20N4O2/c1-2-3-6-15(7-8-16)11(17)12-9-10-4-5-13-14-10/h4-5,16H,2-3,6-9H2,1H3,(H,12,17)(H,13,14). The summed E-state index contributed by atoms with van der Waals surface area (Å²) in [5.41, 5.74) is 0.859. The Balaban J connectivity index is 2.35. The van der Waals surface area contributed by atoms with Crippen molar-refractivity contribution in [2.24, 2.45) is 0 Å². The van der Waals surface area contributed by atoms with Crippen LogP contribution in [-0.4, -0.2) is 45.9 Å². The van der Waals surface area contributed by atoms with E-state index in [0.29, 0.717) is 19.6 Å². The van der Waals surface area contributed by atoms with Gasteiger partial charge in [-0.15, -0.1) is 0 Å². The molecule has 0 aliphatic heterocycles. The van der Waals surface area contributed by atoms with Crippen LogP contribution in [-0.2, 0) is 6.54 Å². The van der Waals surface area contributed by atoms with Crippen molar-refractivity contribution in [2.45, 2.75) is 26.3 Å². The van der Waals surface area contributed by atoms with Crippen LogP contribution in [0.2, 0.25) is 0 Å². The molecule has 0 atom stereocenters. The van der Waals surface area contributed by atoms with Crippen LogP contribution in [0.5, 0.6) is 0 Å². The van der Waals surface area contributed by atoms with Crippen LogP contribution in [0.1, 0.15) is 25.5 Å². The Morgan fingerprint density at radius 1 is 1.59 bits per heavy atom. The molecular weight excluding hydrogens is 220 g/mol. The Bertz CT molecular complexity index is 313. The Hall–Kier alpha value is -1.56. The summed E-state index contributed by atoms with van der Waals surface area (Å²) < 4.78 is 0. The van der Waals surface area contributed by atoms with E-state index in [4.69, 9.17) is 5.11 Å². The minimum Gasteiger partial charge on any atom is -0.395 e. The molecule has 96 valence electrons. The number of carbonyl (C=O) groups is 1. The fourth-order valence-electron chi connectivity index (χ4n) is 1.45. The lowest BCUT2D eigenvalue weighted by molar-refractivity contribution is 0.176. The predicted molar refractivity (Wildman–Crippen MR) is 64.4 cm³/mol. The highest BCUT2D eigenvalue weighted by atomic mass is 16.3. The van der Waals surface area contributed by atoms with Crippen molar-refractivity contribution in [3.8, 4) is 0 Å². The van der Waals surface area contributed by atoms with Crippen molar-refractivity contribution in [1.82, 2.24) is 20.4 Å². The zero-order valence-electron chi connectivity index (χ0n) is 10.1. The minimum atomic E-state index is -0.151. The van der Waals surface area contributed by atoms with Gasteiger partial charge in [0.05, 0.1) is 18.8 Å². The van der Waals surface area contributed by atoms with Gasteiger partial charge in [-0.2, -0.15) is 5.10 Å². The van der Waals surface area contributed by atoms with Crippen LogP contribution in [0.3, 0.4) is 0 Å². The van der Waals surface area contributed by atoms with E-state index < -0.39 is 0 Å². The molecule has 0 saturated heterocycles. The van der Waals surface area contributed by atoms with Crippen molar-refractivity contribution >= 4 is 6.03 Å². The highest BCUT2D eigenvalue weighted by molar-refractivity contribution is 5.74. The molecular formula is C11H20N4O2. The summed E-state index contributed by atoms with van der Waals surface area (Å²) >= 11 is 0. The lowest BCUT2D eigenvalue weighted by atomic mass is 10.3. The highest BCUT2D eigenvalue weighted by Gasteiger charge is 2.11. The normalized spacial score (nSPS) is 10.2. The number of unbranched alkanes of at least 4 members (excludes halogenated alkanes) is 1. The summed E-state index contributed by atoms with van der Waals surface area (Å²) in [7, 11) is 0. The molecule has 0 unspecified atom stereocenters. The lowest BCUT2D eigenvalue weighted by Crippen LogP contribution is -2.41. The average molecular weight is 240 g/mol. The molecule has 2 amide bonds. The first-order valence-electron chi connectivity index (χ1n) is 5.89. The SMILES string of the molecule is CCCCN(CCO)C(=O)NCc1ccn[nH]1. The second kappa shape index (κ2) is 7.67. The number of urea groups is 1. The van der Waals surface area contributed by atoms with E-state index >= 15 is 0 Å². The lowest BCUT2D eigenvalue weighted by Gasteiger charge is -2.21. The Morgan fingerprint density at radius 2 is 2.41 bits per heavy atom. The van der Waals surface area contributed by atoms with E-state index in [-0.39, 0.29) is 12.6 Å². The molecule has 0 bridgehead atoms. The van der Waals surface area contributed by atoms with Gasteiger partial charge in [0.1, 0.15) is 0 Å². The smallest absolute Gasteiger partial charge is 0.317 e. The molecule has 1 aromatic rings. The van der Waals surface area contributed by atoms with E-state index in [0.717, 1.165) is 18.5 Å². The first-order chi connectivity index (χ1) is 8.27. The number of aromatic nitrogens is 2.